The molecule has 4 saturated carbocycles. The highest BCUT2D eigenvalue weighted by molar-refractivity contribution is 5.84. The van der Waals surface area contributed by atoms with E-state index in [1.165, 1.54) is 6.42 Å². The Morgan fingerprint density at radius 3 is 2.55 bits per heavy atom. The van der Waals surface area contributed by atoms with E-state index in [9.17, 15) is 9.59 Å². The third-order valence-electron chi connectivity index (χ3n) is 7.71. The molecule has 6 nitrogen and oxygen atoms in total. The van der Waals surface area contributed by atoms with Gasteiger partial charge in [-0.1, -0.05) is 6.07 Å². The molecule has 0 spiro atoms. The fraction of sp³-hybridized carbons (Fsp3) is 0.696. The van der Waals surface area contributed by atoms with Gasteiger partial charge in [0.15, 0.2) is 0 Å². The van der Waals surface area contributed by atoms with Crippen LogP contribution in [-0.2, 0) is 9.59 Å². The Balaban J connectivity index is 1.33. The molecule has 1 aromatic rings. The summed E-state index contributed by atoms with van der Waals surface area (Å²) in [6.07, 6.45) is 9.04. The van der Waals surface area contributed by atoms with E-state index in [-0.39, 0.29) is 16.9 Å². The molecule has 5 fully saturated rings. The van der Waals surface area contributed by atoms with Crippen LogP contribution in [-0.4, -0.2) is 53.4 Å². The molecule has 1 saturated heterocycles. The van der Waals surface area contributed by atoms with Gasteiger partial charge in [-0.15, -0.1) is 0 Å². The zero-order chi connectivity index (χ0) is 20.1. The molecule has 2 atom stereocenters. The van der Waals surface area contributed by atoms with Crippen LogP contribution in [0.5, 0.6) is 0 Å². The SMILES string of the molecule is CC(=O)NC12C[C@H]3C[C@H](C1)CC(C(=O)N1CCCN(c4ccccn4)CC1)(C3)C2. The maximum absolute atomic E-state index is 13.9. The molecule has 2 heterocycles. The van der Waals surface area contributed by atoms with Crippen LogP contribution in [0, 0.1) is 17.3 Å². The average Bonchev–Trinajstić information content (AvgIpc) is 2.92. The van der Waals surface area contributed by atoms with Crippen LogP contribution >= 0.6 is 0 Å². The lowest BCUT2D eigenvalue weighted by Crippen LogP contribution is -2.66. The molecule has 29 heavy (non-hydrogen) atoms. The summed E-state index contributed by atoms with van der Waals surface area (Å²) in [5, 5.41) is 3.28. The Kier molecular flexibility index (Phi) is 4.56. The molecular weight excluding hydrogens is 364 g/mol. The minimum atomic E-state index is -0.257. The Morgan fingerprint density at radius 2 is 1.86 bits per heavy atom. The van der Waals surface area contributed by atoms with Gasteiger partial charge in [0.05, 0.1) is 5.41 Å². The van der Waals surface area contributed by atoms with Gasteiger partial charge in [-0.2, -0.15) is 0 Å². The molecule has 156 valence electrons. The normalized spacial score (nSPS) is 36.0. The topological polar surface area (TPSA) is 65.5 Å². The van der Waals surface area contributed by atoms with Gasteiger partial charge in [0.2, 0.25) is 11.8 Å². The number of anilines is 1. The van der Waals surface area contributed by atoms with Crippen LogP contribution in [0.2, 0.25) is 0 Å². The molecule has 0 unspecified atom stereocenters. The molecule has 0 radical (unpaired) electrons. The highest BCUT2D eigenvalue weighted by atomic mass is 16.2. The van der Waals surface area contributed by atoms with E-state index in [2.05, 4.69) is 20.1 Å². The van der Waals surface area contributed by atoms with Gasteiger partial charge >= 0.3 is 0 Å². The Hall–Kier alpha value is -2.11. The number of hydrogen-bond donors (Lipinski definition) is 1. The summed E-state index contributed by atoms with van der Waals surface area (Å²) in [5.74, 6) is 2.58. The van der Waals surface area contributed by atoms with E-state index in [4.69, 9.17) is 0 Å². The van der Waals surface area contributed by atoms with Crippen LogP contribution < -0.4 is 10.2 Å². The fourth-order valence-corrected chi connectivity index (χ4v) is 7.26. The first-order chi connectivity index (χ1) is 14.0. The number of amides is 2. The molecule has 1 aliphatic heterocycles. The lowest BCUT2D eigenvalue weighted by Gasteiger charge is -2.61. The maximum atomic E-state index is 13.9. The highest BCUT2D eigenvalue weighted by Crippen LogP contribution is 2.62. The van der Waals surface area contributed by atoms with Crippen molar-refractivity contribution in [3.63, 3.8) is 0 Å². The summed E-state index contributed by atoms with van der Waals surface area (Å²) in [6.45, 7) is 4.98. The number of pyridine rings is 1. The lowest BCUT2D eigenvalue weighted by atomic mass is 9.46. The second-order valence-corrected chi connectivity index (χ2v) is 10.0. The number of rotatable bonds is 3. The number of nitrogens with zero attached hydrogens (tertiary/aromatic N) is 3. The van der Waals surface area contributed by atoms with Gasteiger partial charge in [0.25, 0.3) is 0 Å². The summed E-state index contributed by atoms with van der Waals surface area (Å²) in [4.78, 5) is 34.7. The van der Waals surface area contributed by atoms with E-state index in [0.717, 1.165) is 70.5 Å². The summed E-state index contributed by atoms with van der Waals surface area (Å²) in [6, 6.07) is 6.01. The van der Waals surface area contributed by atoms with Crippen molar-refractivity contribution in [3.8, 4) is 0 Å². The van der Waals surface area contributed by atoms with Crippen LogP contribution in [0.3, 0.4) is 0 Å². The van der Waals surface area contributed by atoms with E-state index < -0.39 is 0 Å². The number of nitrogens with one attached hydrogen (secondary N) is 1. The monoisotopic (exact) mass is 396 g/mol. The molecule has 0 aromatic carbocycles. The Morgan fingerprint density at radius 1 is 1.07 bits per heavy atom. The quantitative estimate of drug-likeness (QED) is 0.853. The van der Waals surface area contributed by atoms with Crippen molar-refractivity contribution in [3.05, 3.63) is 24.4 Å². The second-order valence-electron chi connectivity index (χ2n) is 10.0. The Bertz CT molecular complexity index is 781. The van der Waals surface area contributed by atoms with Crippen molar-refractivity contribution in [2.75, 3.05) is 31.1 Å². The first-order valence-corrected chi connectivity index (χ1v) is 11.2. The maximum Gasteiger partial charge on any atom is 0.228 e. The summed E-state index contributed by atoms with van der Waals surface area (Å²) in [7, 11) is 0. The first kappa shape index (κ1) is 18.9. The van der Waals surface area contributed by atoms with E-state index in [0.29, 0.717) is 17.7 Å². The van der Waals surface area contributed by atoms with Gasteiger partial charge in [-0.3, -0.25) is 9.59 Å². The van der Waals surface area contributed by atoms with Crippen molar-refractivity contribution >= 4 is 17.6 Å². The third kappa shape index (κ3) is 3.40. The summed E-state index contributed by atoms with van der Waals surface area (Å²) < 4.78 is 0. The summed E-state index contributed by atoms with van der Waals surface area (Å²) >= 11 is 0. The largest absolute Gasteiger partial charge is 0.355 e. The molecule has 4 bridgehead atoms. The van der Waals surface area contributed by atoms with Crippen molar-refractivity contribution in [2.24, 2.45) is 17.3 Å². The van der Waals surface area contributed by atoms with Crippen molar-refractivity contribution in [1.29, 1.82) is 0 Å². The molecule has 2 amide bonds. The first-order valence-electron chi connectivity index (χ1n) is 11.2. The molecular formula is C23H32N4O2. The zero-order valence-electron chi connectivity index (χ0n) is 17.4. The van der Waals surface area contributed by atoms with Gasteiger partial charge < -0.3 is 15.1 Å². The van der Waals surface area contributed by atoms with Gasteiger partial charge in [0, 0.05) is 44.8 Å². The minimum Gasteiger partial charge on any atom is -0.355 e. The molecule has 4 aliphatic carbocycles. The van der Waals surface area contributed by atoms with Crippen LogP contribution in [0.15, 0.2) is 24.4 Å². The molecule has 1 N–H and O–H groups in total. The average molecular weight is 397 g/mol. The van der Waals surface area contributed by atoms with E-state index >= 15 is 0 Å². The second kappa shape index (κ2) is 6.99. The lowest BCUT2D eigenvalue weighted by molar-refractivity contribution is -0.163. The van der Waals surface area contributed by atoms with E-state index in [1.807, 2.05) is 24.4 Å². The number of hydrogen-bond acceptors (Lipinski definition) is 4. The Labute approximate surface area is 173 Å². The highest BCUT2D eigenvalue weighted by Gasteiger charge is 2.61. The minimum absolute atomic E-state index is 0.0512. The molecule has 6 heteroatoms. The predicted molar refractivity (Wildman–Crippen MR) is 111 cm³/mol. The van der Waals surface area contributed by atoms with Gasteiger partial charge in [-0.05, 0) is 68.9 Å². The van der Waals surface area contributed by atoms with Crippen molar-refractivity contribution < 1.29 is 9.59 Å². The van der Waals surface area contributed by atoms with Crippen molar-refractivity contribution in [2.45, 2.75) is 57.4 Å². The molecule has 5 aliphatic rings. The number of aromatic nitrogens is 1. The number of carbonyl (C=O) groups is 2. The summed E-state index contributed by atoms with van der Waals surface area (Å²) in [5.41, 5.74) is -0.399. The smallest absolute Gasteiger partial charge is 0.228 e. The molecule has 1 aromatic heterocycles. The third-order valence-corrected chi connectivity index (χ3v) is 7.71. The van der Waals surface area contributed by atoms with Crippen LogP contribution in [0.25, 0.3) is 0 Å². The van der Waals surface area contributed by atoms with Crippen LogP contribution in [0.4, 0.5) is 5.82 Å². The van der Waals surface area contributed by atoms with Gasteiger partial charge in [0.1, 0.15) is 5.82 Å². The van der Waals surface area contributed by atoms with E-state index in [1.54, 1.807) is 6.92 Å². The zero-order valence-corrected chi connectivity index (χ0v) is 17.4. The van der Waals surface area contributed by atoms with Crippen LogP contribution in [0.1, 0.15) is 51.9 Å². The standard InChI is InChI=1S/C23H32N4O2/c1-17(28)25-23-14-18-11-19(15-23)13-22(12-18,16-23)21(29)27-8-4-7-26(9-10-27)20-5-2-3-6-24-20/h2-3,5-6,18-19H,4,7-16H2,1H3,(H,25,28)/t18-,19-,22?,23?/m0/s1. The van der Waals surface area contributed by atoms with Gasteiger partial charge in [-0.25, -0.2) is 4.98 Å². The molecule has 6 rings (SSSR count). The van der Waals surface area contributed by atoms with Crippen molar-refractivity contribution in [1.82, 2.24) is 15.2 Å². The fourth-order valence-electron chi connectivity index (χ4n) is 7.26. The predicted octanol–water partition coefficient (Wildman–Crippen LogP) is 2.60. The number of carbonyl (C=O) groups excluding carboxylic acids is 2.